The zero-order valence-corrected chi connectivity index (χ0v) is 10.1. The number of rotatable bonds is 8. The molecule has 6 nitrogen and oxygen atoms in total. The van der Waals surface area contributed by atoms with Crippen molar-refractivity contribution in [3.8, 4) is 0 Å². The van der Waals surface area contributed by atoms with Gasteiger partial charge in [0.15, 0.2) is 0 Å². The summed E-state index contributed by atoms with van der Waals surface area (Å²) in [5, 5.41) is 2.80. The van der Waals surface area contributed by atoms with Crippen molar-refractivity contribution >= 4 is 5.91 Å². The normalized spacial score (nSPS) is 12.4. The van der Waals surface area contributed by atoms with Gasteiger partial charge in [-0.2, -0.15) is 0 Å². The number of methoxy groups -OCH3 is 1. The first-order valence-electron chi connectivity index (χ1n) is 5.72. The maximum Gasteiger partial charge on any atom is 0.237 e. The molecule has 0 fully saturated rings. The molecular formula is C11H20N4O2. The molecule has 0 aliphatic rings. The summed E-state index contributed by atoms with van der Waals surface area (Å²) in [7, 11) is 1.59. The van der Waals surface area contributed by atoms with E-state index < -0.39 is 6.04 Å². The van der Waals surface area contributed by atoms with Crippen LogP contribution in [0.5, 0.6) is 0 Å². The van der Waals surface area contributed by atoms with Crippen molar-refractivity contribution in [3.05, 3.63) is 18.7 Å². The quantitative estimate of drug-likeness (QED) is 0.614. The second kappa shape index (κ2) is 7.81. The van der Waals surface area contributed by atoms with Gasteiger partial charge in [-0.25, -0.2) is 4.98 Å². The van der Waals surface area contributed by atoms with E-state index in [-0.39, 0.29) is 5.91 Å². The molecule has 1 aromatic rings. The monoisotopic (exact) mass is 240 g/mol. The van der Waals surface area contributed by atoms with Crippen molar-refractivity contribution in [1.29, 1.82) is 0 Å². The third-order valence-electron chi connectivity index (χ3n) is 2.42. The molecule has 1 aromatic heterocycles. The largest absolute Gasteiger partial charge is 0.385 e. The second-order valence-electron chi connectivity index (χ2n) is 3.83. The van der Waals surface area contributed by atoms with Crippen LogP contribution in [0.1, 0.15) is 12.8 Å². The van der Waals surface area contributed by atoms with Crippen LogP contribution in [0, 0.1) is 0 Å². The molecular weight excluding hydrogens is 220 g/mol. The standard InChI is InChI=1S/C11H20N4O2/c1-17-8-3-10(12)11(16)14-4-2-6-15-7-5-13-9-15/h5,7,9-10H,2-4,6,8,12H2,1H3,(H,14,16). The number of hydrogen-bond donors (Lipinski definition) is 2. The van der Waals surface area contributed by atoms with Crippen LogP contribution in [0.25, 0.3) is 0 Å². The average Bonchev–Trinajstić information content (AvgIpc) is 2.84. The fourth-order valence-electron chi connectivity index (χ4n) is 1.40. The molecule has 0 saturated carbocycles. The number of nitrogens with one attached hydrogen (secondary N) is 1. The molecule has 1 amide bonds. The highest BCUT2D eigenvalue weighted by atomic mass is 16.5. The van der Waals surface area contributed by atoms with Crippen LogP contribution in [-0.4, -0.2) is 41.8 Å². The molecule has 1 atom stereocenters. The number of nitrogens with two attached hydrogens (primary N) is 1. The summed E-state index contributed by atoms with van der Waals surface area (Å²) in [6.07, 6.45) is 6.79. The van der Waals surface area contributed by atoms with Gasteiger partial charge < -0.3 is 20.4 Å². The molecule has 0 radical (unpaired) electrons. The number of carbonyl (C=O) groups excluding carboxylic acids is 1. The Balaban J connectivity index is 2.07. The zero-order chi connectivity index (χ0) is 12.5. The molecule has 0 saturated heterocycles. The number of amides is 1. The molecule has 1 unspecified atom stereocenters. The van der Waals surface area contributed by atoms with Gasteiger partial charge in [-0.15, -0.1) is 0 Å². The summed E-state index contributed by atoms with van der Waals surface area (Å²) in [6, 6.07) is -0.483. The van der Waals surface area contributed by atoms with Gasteiger partial charge >= 0.3 is 0 Å². The molecule has 0 spiro atoms. The molecule has 0 aromatic carbocycles. The van der Waals surface area contributed by atoms with Gasteiger partial charge in [0, 0.05) is 39.2 Å². The van der Waals surface area contributed by atoms with E-state index in [1.54, 1.807) is 19.6 Å². The number of imidazole rings is 1. The third-order valence-corrected chi connectivity index (χ3v) is 2.42. The number of aryl methyl sites for hydroxylation is 1. The van der Waals surface area contributed by atoms with Gasteiger partial charge in [-0.1, -0.05) is 0 Å². The van der Waals surface area contributed by atoms with Crippen molar-refractivity contribution < 1.29 is 9.53 Å². The lowest BCUT2D eigenvalue weighted by atomic mass is 10.2. The van der Waals surface area contributed by atoms with Crippen LogP contribution in [0.2, 0.25) is 0 Å². The van der Waals surface area contributed by atoms with E-state index in [1.165, 1.54) is 0 Å². The molecule has 3 N–H and O–H groups in total. The lowest BCUT2D eigenvalue weighted by Crippen LogP contribution is -2.41. The Kier molecular flexibility index (Phi) is 6.27. The van der Waals surface area contributed by atoms with Crippen LogP contribution in [0.15, 0.2) is 18.7 Å². The summed E-state index contributed by atoms with van der Waals surface area (Å²) in [5.74, 6) is -0.118. The Bertz CT molecular complexity index is 313. The van der Waals surface area contributed by atoms with E-state index in [2.05, 4.69) is 10.3 Å². The van der Waals surface area contributed by atoms with Crippen molar-refractivity contribution in [2.24, 2.45) is 5.73 Å². The van der Waals surface area contributed by atoms with Gasteiger partial charge in [-0.3, -0.25) is 4.79 Å². The Morgan fingerprint density at radius 2 is 2.47 bits per heavy atom. The van der Waals surface area contributed by atoms with Gasteiger partial charge in [0.25, 0.3) is 0 Å². The molecule has 6 heteroatoms. The van der Waals surface area contributed by atoms with Crippen molar-refractivity contribution in [2.45, 2.75) is 25.4 Å². The second-order valence-corrected chi connectivity index (χ2v) is 3.83. The summed E-state index contributed by atoms with van der Waals surface area (Å²) in [4.78, 5) is 15.4. The van der Waals surface area contributed by atoms with Crippen molar-refractivity contribution in [2.75, 3.05) is 20.3 Å². The van der Waals surface area contributed by atoms with Crippen LogP contribution < -0.4 is 11.1 Å². The highest BCUT2D eigenvalue weighted by Crippen LogP contribution is 1.91. The van der Waals surface area contributed by atoms with Gasteiger partial charge in [0.1, 0.15) is 0 Å². The predicted octanol–water partition coefficient (Wildman–Crippen LogP) is -0.247. The molecule has 17 heavy (non-hydrogen) atoms. The van der Waals surface area contributed by atoms with Crippen LogP contribution in [0.3, 0.4) is 0 Å². The maximum atomic E-state index is 11.5. The molecule has 1 rings (SSSR count). The lowest BCUT2D eigenvalue weighted by molar-refractivity contribution is -0.122. The fourth-order valence-corrected chi connectivity index (χ4v) is 1.40. The maximum absolute atomic E-state index is 11.5. The van der Waals surface area contributed by atoms with Gasteiger partial charge in [-0.05, 0) is 12.8 Å². The minimum absolute atomic E-state index is 0.118. The Labute approximate surface area is 101 Å². The summed E-state index contributed by atoms with van der Waals surface area (Å²) >= 11 is 0. The Hall–Kier alpha value is -1.40. The van der Waals surface area contributed by atoms with Crippen LogP contribution in [0.4, 0.5) is 0 Å². The number of hydrogen-bond acceptors (Lipinski definition) is 4. The van der Waals surface area contributed by atoms with E-state index in [0.717, 1.165) is 13.0 Å². The lowest BCUT2D eigenvalue weighted by Gasteiger charge is -2.11. The summed E-state index contributed by atoms with van der Waals surface area (Å²) in [6.45, 7) is 1.97. The first kappa shape index (κ1) is 13.7. The smallest absolute Gasteiger partial charge is 0.237 e. The highest BCUT2D eigenvalue weighted by molar-refractivity contribution is 5.81. The van der Waals surface area contributed by atoms with E-state index in [4.69, 9.17) is 10.5 Å². The topological polar surface area (TPSA) is 82.2 Å². The van der Waals surface area contributed by atoms with Crippen molar-refractivity contribution in [3.63, 3.8) is 0 Å². The summed E-state index contributed by atoms with van der Waals surface area (Å²) in [5.41, 5.74) is 5.67. The molecule has 0 aliphatic heterocycles. The molecule has 96 valence electrons. The van der Waals surface area contributed by atoms with E-state index >= 15 is 0 Å². The zero-order valence-electron chi connectivity index (χ0n) is 10.1. The Morgan fingerprint density at radius 1 is 1.65 bits per heavy atom. The van der Waals surface area contributed by atoms with Crippen LogP contribution >= 0.6 is 0 Å². The molecule has 1 heterocycles. The first-order chi connectivity index (χ1) is 8.24. The minimum Gasteiger partial charge on any atom is -0.385 e. The number of aromatic nitrogens is 2. The van der Waals surface area contributed by atoms with E-state index in [0.29, 0.717) is 19.6 Å². The van der Waals surface area contributed by atoms with Crippen LogP contribution in [-0.2, 0) is 16.1 Å². The third kappa shape index (κ3) is 5.46. The molecule has 0 bridgehead atoms. The Morgan fingerprint density at radius 3 is 3.12 bits per heavy atom. The molecule has 0 aliphatic carbocycles. The fraction of sp³-hybridized carbons (Fsp3) is 0.636. The number of nitrogens with zero attached hydrogens (tertiary/aromatic N) is 2. The van der Waals surface area contributed by atoms with E-state index in [9.17, 15) is 4.79 Å². The van der Waals surface area contributed by atoms with Gasteiger partial charge in [0.05, 0.1) is 12.4 Å². The first-order valence-corrected chi connectivity index (χ1v) is 5.72. The number of ether oxygens (including phenoxy) is 1. The minimum atomic E-state index is -0.483. The van der Waals surface area contributed by atoms with Gasteiger partial charge in [0.2, 0.25) is 5.91 Å². The van der Waals surface area contributed by atoms with E-state index in [1.807, 2.05) is 10.8 Å². The highest BCUT2D eigenvalue weighted by Gasteiger charge is 2.11. The van der Waals surface area contributed by atoms with Crippen molar-refractivity contribution in [1.82, 2.24) is 14.9 Å². The number of carbonyl (C=O) groups is 1. The SMILES string of the molecule is COCCC(N)C(=O)NCCCn1ccnc1. The summed E-state index contributed by atoms with van der Waals surface area (Å²) < 4.78 is 6.84. The average molecular weight is 240 g/mol. The predicted molar refractivity (Wildman–Crippen MR) is 64.3 cm³/mol.